The van der Waals surface area contributed by atoms with Crippen LogP contribution < -0.4 is 10.1 Å². The lowest BCUT2D eigenvalue weighted by Gasteiger charge is -2.46. The molecule has 3 aromatic carbocycles. The van der Waals surface area contributed by atoms with Crippen molar-refractivity contribution >= 4 is 23.2 Å². The molecule has 6 heteroatoms. The van der Waals surface area contributed by atoms with Gasteiger partial charge in [-0.05, 0) is 39.3 Å². The van der Waals surface area contributed by atoms with Crippen LogP contribution in [0.2, 0.25) is 0 Å². The maximum absolute atomic E-state index is 13.9. The Morgan fingerprint density at radius 1 is 0.794 bits per heavy atom. The van der Waals surface area contributed by atoms with E-state index in [9.17, 15) is 20.0 Å². The summed E-state index contributed by atoms with van der Waals surface area (Å²) in [5, 5.41) is 20.4. The van der Waals surface area contributed by atoms with Crippen LogP contribution in [0.1, 0.15) is 60.4 Å². The van der Waals surface area contributed by atoms with Gasteiger partial charge in [-0.25, -0.2) is 10.1 Å². The first-order valence-corrected chi connectivity index (χ1v) is 11.6. The van der Waals surface area contributed by atoms with Gasteiger partial charge in [-0.2, -0.15) is 5.23 Å². The summed E-state index contributed by atoms with van der Waals surface area (Å²) < 4.78 is 0. The standard InChI is InChI=1S/C28H26N2O4/c1-28(2,3)15-12-13-18-19(14-15)23-17-9-5-4-8-16(17)22(18)24-25(23)27(32)29(26(24)31)20-10-6-7-11-21(20)30(33)34/h4-14,22-25,30,33H,1-3H3/t22-,23-,24+,25-/m1/s1. The van der Waals surface area contributed by atoms with Crippen molar-refractivity contribution in [2.45, 2.75) is 38.0 Å². The molecule has 172 valence electrons. The molecule has 7 rings (SSSR count). The lowest BCUT2D eigenvalue weighted by Crippen LogP contribution is -2.99. The van der Waals surface area contributed by atoms with Crippen molar-refractivity contribution in [2.24, 2.45) is 11.8 Å². The summed E-state index contributed by atoms with van der Waals surface area (Å²) in [6, 6.07) is 20.8. The van der Waals surface area contributed by atoms with Gasteiger partial charge < -0.3 is 5.21 Å². The number of amides is 2. The van der Waals surface area contributed by atoms with Gasteiger partial charge in [0.25, 0.3) is 0 Å². The molecule has 5 atom stereocenters. The van der Waals surface area contributed by atoms with Gasteiger partial charge in [0.05, 0.1) is 11.8 Å². The molecule has 2 N–H and O–H groups in total. The van der Waals surface area contributed by atoms with Gasteiger partial charge >= 0.3 is 0 Å². The first-order valence-electron chi connectivity index (χ1n) is 11.6. The molecule has 4 aliphatic rings. The second kappa shape index (κ2) is 7.09. The highest BCUT2D eigenvalue weighted by Gasteiger charge is 2.62. The van der Waals surface area contributed by atoms with E-state index in [4.69, 9.17) is 0 Å². The largest absolute Gasteiger partial charge is 0.595 e. The fourth-order valence-electron chi connectivity index (χ4n) is 6.28. The van der Waals surface area contributed by atoms with Gasteiger partial charge in [-0.15, -0.1) is 0 Å². The van der Waals surface area contributed by atoms with Crippen molar-refractivity contribution in [3.63, 3.8) is 0 Å². The van der Waals surface area contributed by atoms with Crippen LogP contribution in [0.15, 0.2) is 66.7 Å². The first-order chi connectivity index (χ1) is 16.2. The Labute approximate surface area is 198 Å². The van der Waals surface area contributed by atoms with Gasteiger partial charge in [0.15, 0.2) is 5.69 Å². The average molecular weight is 455 g/mol. The molecule has 1 fully saturated rings. The molecule has 34 heavy (non-hydrogen) atoms. The lowest BCUT2D eigenvalue weighted by atomic mass is 9.54. The number of hydrogen-bond acceptors (Lipinski definition) is 4. The maximum atomic E-state index is 13.9. The predicted molar refractivity (Wildman–Crippen MR) is 127 cm³/mol. The number of nitrogens with zero attached hydrogens (tertiary/aromatic N) is 1. The number of carbonyl (C=O) groups excluding carboxylic acids is 2. The van der Waals surface area contributed by atoms with Gasteiger partial charge in [0, 0.05) is 17.9 Å². The van der Waals surface area contributed by atoms with Crippen molar-refractivity contribution < 1.29 is 20.0 Å². The Bertz CT molecular complexity index is 1360. The van der Waals surface area contributed by atoms with Crippen LogP contribution in [0.4, 0.5) is 11.4 Å². The van der Waals surface area contributed by atoms with Crippen LogP contribution in [0.3, 0.4) is 0 Å². The van der Waals surface area contributed by atoms with Crippen LogP contribution in [0.25, 0.3) is 0 Å². The molecule has 0 aromatic heterocycles. The number of anilines is 1. The topological polar surface area (TPSA) is 85.1 Å². The van der Waals surface area contributed by atoms with Gasteiger partial charge in [-0.3, -0.25) is 9.59 Å². The molecule has 1 unspecified atom stereocenters. The third-order valence-corrected chi connectivity index (χ3v) is 7.78. The highest BCUT2D eigenvalue weighted by atomic mass is 16.8. The SMILES string of the molecule is CC(C)(C)c1ccc2c(c1)[C@H]1c3ccccc3[C@H]2[C@@H]2C(=O)N(c3ccccc3[NH+]([O-])O)C(=O)[C@H]12. The Hall–Kier alpha value is -3.32. The minimum atomic E-state index is -1.16. The number of carbonyl (C=O) groups is 2. The number of imide groups is 1. The third kappa shape index (κ3) is 2.73. The van der Waals surface area contributed by atoms with E-state index < -0.39 is 17.1 Å². The van der Waals surface area contributed by atoms with E-state index in [0.717, 1.165) is 27.2 Å². The summed E-state index contributed by atoms with van der Waals surface area (Å²) in [5.41, 5.74) is 5.67. The van der Waals surface area contributed by atoms with Crippen molar-refractivity contribution in [1.29, 1.82) is 0 Å². The maximum Gasteiger partial charge on any atom is 0.238 e. The van der Waals surface area contributed by atoms with E-state index in [0.29, 0.717) is 0 Å². The van der Waals surface area contributed by atoms with Gasteiger partial charge in [0.1, 0.15) is 5.69 Å². The molecule has 0 radical (unpaired) electrons. The van der Waals surface area contributed by atoms with Crippen molar-refractivity contribution in [3.05, 3.63) is 99.8 Å². The van der Waals surface area contributed by atoms with Crippen LogP contribution in [-0.4, -0.2) is 17.0 Å². The Morgan fingerprint density at radius 2 is 1.32 bits per heavy atom. The number of hydrogen-bond donors (Lipinski definition) is 2. The minimum Gasteiger partial charge on any atom is -0.595 e. The Balaban J connectivity index is 1.56. The number of quaternary nitrogens is 1. The molecular formula is C28H26N2O4. The zero-order valence-electron chi connectivity index (χ0n) is 19.3. The summed E-state index contributed by atoms with van der Waals surface area (Å²) >= 11 is 0. The minimum absolute atomic E-state index is 0.0414. The molecular weight excluding hydrogens is 428 g/mol. The highest BCUT2D eigenvalue weighted by molar-refractivity contribution is 6.24. The van der Waals surface area contributed by atoms with E-state index in [1.807, 2.05) is 12.1 Å². The molecule has 0 spiro atoms. The summed E-state index contributed by atoms with van der Waals surface area (Å²) in [5.74, 6) is -2.16. The van der Waals surface area contributed by atoms with E-state index in [1.54, 1.807) is 18.2 Å². The van der Waals surface area contributed by atoms with E-state index >= 15 is 0 Å². The highest BCUT2D eigenvalue weighted by Crippen LogP contribution is 2.61. The number of nitrogens with one attached hydrogen (secondary N) is 1. The Kier molecular flexibility index (Phi) is 4.43. The molecule has 3 aromatic rings. The van der Waals surface area contributed by atoms with Gasteiger partial charge in [-0.1, -0.05) is 75.4 Å². The van der Waals surface area contributed by atoms with E-state index in [-0.39, 0.29) is 40.4 Å². The summed E-state index contributed by atoms with van der Waals surface area (Å²) in [4.78, 5) is 28.9. The van der Waals surface area contributed by atoms with Crippen LogP contribution in [0.5, 0.6) is 0 Å². The van der Waals surface area contributed by atoms with Crippen LogP contribution in [-0.2, 0) is 15.0 Å². The number of rotatable bonds is 2. The number of benzene rings is 3. The molecule has 3 aliphatic carbocycles. The van der Waals surface area contributed by atoms with Crippen LogP contribution in [0, 0.1) is 17.0 Å². The molecule has 1 heterocycles. The summed E-state index contributed by atoms with van der Waals surface area (Å²) in [6.45, 7) is 6.50. The molecule has 2 bridgehead atoms. The lowest BCUT2D eigenvalue weighted by molar-refractivity contribution is -0.990. The second-order valence-electron chi connectivity index (χ2n) is 10.6. The fraction of sp³-hybridized carbons (Fsp3) is 0.286. The molecule has 1 aliphatic heterocycles. The summed E-state index contributed by atoms with van der Waals surface area (Å²) in [6.07, 6.45) is 0. The molecule has 6 nitrogen and oxygen atoms in total. The quantitative estimate of drug-likeness (QED) is 0.456. The number of para-hydroxylation sites is 2. The Morgan fingerprint density at radius 3 is 1.91 bits per heavy atom. The zero-order valence-corrected chi connectivity index (χ0v) is 19.3. The monoisotopic (exact) mass is 454 g/mol. The first kappa shape index (κ1) is 21.2. The predicted octanol–water partition coefficient (Wildman–Crippen LogP) is 3.78. The van der Waals surface area contributed by atoms with Crippen LogP contribution >= 0.6 is 0 Å². The average Bonchev–Trinajstić information content (AvgIpc) is 3.08. The smallest absolute Gasteiger partial charge is 0.238 e. The molecule has 2 amide bonds. The molecule has 0 saturated carbocycles. The van der Waals surface area contributed by atoms with Crippen molar-refractivity contribution in [3.8, 4) is 0 Å². The fourth-order valence-corrected chi connectivity index (χ4v) is 6.28. The van der Waals surface area contributed by atoms with Crippen molar-refractivity contribution in [2.75, 3.05) is 4.90 Å². The molecule has 1 saturated heterocycles. The zero-order chi connectivity index (χ0) is 23.9. The third-order valence-electron chi connectivity index (χ3n) is 7.78. The normalized spacial score (nSPS) is 25.7. The van der Waals surface area contributed by atoms with E-state index in [2.05, 4.69) is 51.1 Å². The van der Waals surface area contributed by atoms with Gasteiger partial charge in [0.2, 0.25) is 11.8 Å². The second-order valence-corrected chi connectivity index (χ2v) is 10.6. The summed E-state index contributed by atoms with van der Waals surface area (Å²) in [7, 11) is 0. The van der Waals surface area contributed by atoms with Crippen molar-refractivity contribution in [1.82, 2.24) is 0 Å². The van der Waals surface area contributed by atoms with E-state index in [1.165, 1.54) is 11.6 Å².